The molecule has 2 amide bonds. The number of thiazole rings is 1. The molecule has 0 unspecified atom stereocenters. The number of hydrogen-bond acceptors (Lipinski definition) is 8. The van der Waals surface area contributed by atoms with Gasteiger partial charge in [0.2, 0.25) is 0 Å². The number of aromatic nitrogens is 1. The van der Waals surface area contributed by atoms with Crippen molar-refractivity contribution in [3.05, 3.63) is 54.6 Å². The quantitative estimate of drug-likeness (QED) is 0.415. The van der Waals surface area contributed by atoms with Gasteiger partial charge in [-0.2, -0.15) is 0 Å². The first-order chi connectivity index (χ1) is 17.0. The Bertz CT molecular complexity index is 1160. The van der Waals surface area contributed by atoms with Crippen molar-refractivity contribution in [3.63, 3.8) is 0 Å². The zero-order valence-corrected chi connectivity index (χ0v) is 20.4. The van der Waals surface area contributed by atoms with Crippen LogP contribution in [0.3, 0.4) is 0 Å². The van der Waals surface area contributed by atoms with Crippen LogP contribution in [-0.4, -0.2) is 77.3 Å². The highest BCUT2D eigenvalue weighted by Gasteiger charge is 2.58. The van der Waals surface area contributed by atoms with Crippen molar-refractivity contribution in [2.24, 2.45) is 5.92 Å². The number of nitrogens with zero attached hydrogens (tertiary/aromatic N) is 4. The van der Waals surface area contributed by atoms with Gasteiger partial charge in [-0.05, 0) is 44.2 Å². The van der Waals surface area contributed by atoms with E-state index in [1.807, 2.05) is 42.5 Å². The molecule has 0 aliphatic carbocycles. The average Bonchev–Trinajstić information content (AvgIpc) is 3.32. The Morgan fingerprint density at radius 3 is 2.49 bits per heavy atom. The fourth-order valence-corrected chi connectivity index (χ4v) is 5.98. The lowest BCUT2D eigenvalue weighted by Gasteiger charge is -2.49. The minimum Gasteiger partial charge on any atom is -0.437 e. The van der Waals surface area contributed by atoms with Crippen LogP contribution in [0.25, 0.3) is 10.2 Å². The summed E-state index contributed by atoms with van der Waals surface area (Å²) in [5.41, 5.74) is 2.05. The normalized spacial score (nSPS) is 23.3. The summed E-state index contributed by atoms with van der Waals surface area (Å²) in [6.45, 7) is 2.93. The number of carbonyl (C=O) groups is 2. The van der Waals surface area contributed by atoms with E-state index < -0.39 is 17.6 Å². The van der Waals surface area contributed by atoms with Gasteiger partial charge in [-0.25, -0.2) is 10.5 Å². The molecule has 0 saturated carbocycles. The lowest BCUT2D eigenvalue weighted by atomic mass is 9.83. The molecule has 184 valence electrons. The highest BCUT2D eigenvalue weighted by atomic mass is 32.1. The molecule has 2 aliphatic heterocycles. The number of hydroxylamine groups is 1. The standard InChI is InChI=1S/C25H29N5O4S/c1-28-13-7-10-19(22(31)27-33)25(28,34-24-26-20-11-5-6-12-21(20)35-24)23(32)30-16-14-29(15-17-30)18-8-3-2-4-9-18/h2-6,8-9,11-12,19,33H,7,10,13-17H2,1H3,(H,27,31)/t19-,25+/m1/s1. The summed E-state index contributed by atoms with van der Waals surface area (Å²) in [5.74, 6) is -1.80. The van der Waals surface area contributed by atoms with E-state index in [0.717, 1.165) is 15.9 Å². The molecule has 2 saturated heterocycles. The Balaban J connectivity index is 1.47. The molecule has 10 heteroatoms. The van der Waals surface area contributed by atoms with Crippen LogP contribution in [0.5, 0.6) is 5.19 Å². The fraction of sp³-hybridized carbons (Fsp3) is 0.400. The van der Waals surface area contributed by atoms with Gasteiger partial charge < -0.3 is 14.5 Å². The molecule has 5 rings (SSSR count). The van der Waals surface area contributed by atoms with E-state index in [1.165, 1.54) is 11.3 Å². The molecule has 2 fully saturated rings. The largest absolute Gasteiger partial charge is 0.437 e. The van der Waals surface area contributed by atoms with E-state index >= 15 is 0 Å². The maximum atomic E-state index is 14.2. The second kappa shape index (κ2) is 9.80. The van der Waals surface area contributed by atoms with Crippen LogP contribution in [0, 0.1) is 5.92 Å². The molecular weight excluding hydrogens is 466 g/mol. The molecule has 2 aromatic carbocycles. The third-order valence-corrected chi connectivity index (χ3v) is 7.88. The number of nitrogens with one attached hydrogen (secondary N) is 1. The molecule has 9 nitrogen and oxygen atoms in total. The minimum absolute atomic E-state index is 0.278. The average molecular weight is 496 g/mol. The van der Waals surface area contributed by atoms with Crippen LogP contribution in [0.4, 0.5) is 5.69 Å². The second-order valence-corrected chi connectivity index (χ2v) is 9.95. The number of amides is 2. The number of piperazine rings is 1. The minimum atomic E-state index is -1.60. The maximum absolute atomic E-state index is 14.2. The molecule has 2 aliphatic rings. The van der Waals surface area contributed by atoms with Gasteiger partial charge in [-0.15, -0.1) is 0 Å². The number of para-hydroxylation sites is 2. The number of ether oxygens (including phenoxy) is 1. The number of likely N-dealkylation sites (tertiary alicyclic amines) is 1. The second-order valence-electron chi connectivity index (χ2n) is 8.95. The molecule has 0 bridgehead atoms. The number of piperidine rings is 1. The predicted octanol–water partition coefficient (Wildman–Crippen LogP) is 2.57. The van der Waals surface area contributed by atoms with Gasteiger partial charge in [0.15, 0.2) is 0 Å². The van der Waals surface area contributed by atoms with Crippen LogP contribution in [-0.2, 0) is 9.59 Å². The van der Waals surface area contributed by atoms with Gasteiger partial charge in [-0.1, -0.05) is 41.7 Å². The monoisotopic (exact) mass is 495 g/mol. The van der Waals surface area contributed by atoms with Gasteiger partial charge >= 0.3 is 0 Å². The number of hydrogen-bond donors (Lipinski definition) is 2. The van der Waals surface area contributed by atoms with E-state index in [4.69, 9.17) is 4.74 Å². The molecule has 0 spiro atoms. The fourth-order valence-electron chi connectivity index (χ4n) is 5.11. The molecule has 0 radical (unpaired) electrons. The summed E-state index contributed by atoms with van der Waals surface area (Å²) in [7, 11) is 1.79. The Morgan fingerprint density at radius 1 is 1.06 bits per heavy atom. The van der Waals surface area contributed by atoms with Gasteiger partial charge in [0.05, 0.1) is 10.2 Å². The topological polar surface area (TPSA) is 98.2 Å². The van der Waals surface area contributed by atoms with Crippen LogP contribution < -0.4 is 15.1 Å². The highest BCUT2D eigenvalue weighted by Crippen LogP contribution is 2.40. The van der Waals surface area contributed by atoms with Crippen LogP contribution in [0.2, 0.25) is 0 Å². The first-order valence-corrected chi connectivity index (χ1v) is 12.6. The summed E-state index contributed by atoms with van der Waals surface area (Å²) < 4.78 is 7.39. The predicted molar refractivity (Wildman–Crippen MR) is 133 cm³/mol. The number of carbonyl (C=O) groups excluding carboxylic acids is 2. The zero-order chi connectivity index (χ0) is 24.4. The van der Waals surface area contributed by atoms with Crippen LogP contribution in [0.1, 0.15) is 12.8 Å². The smallest absolute Gasteiger partial charge is 0.283 e. The third kappa shape index (κ3) is 4.33. The Labute approximate surface area is 207 Å². The number of likely N-dealkylation sites (N-methyl/N-ethyl adjacent to an activating group) is 1. The molecule has 2 atom stereocenters. The molecule has 1 aromatic heterocycles. The van der Waals surface area contributed by atoms with Gasteiger partial charge in [-0.3, -0.25) is 19.7 Å². The number of anilines is 1. The first-order valence-electron chi connectivity index (χ1n) is 11.8. The van der Waals surface area contributed by atoms with Gasteiger partial charge in [0.1, 0.15) is 5.92 Å². The number of rotatable bonds is 5. The molecule has 2 N–H and O–H groups in total. The van der Waals surface area contributed by atoms with Crippen molar-refractivity contribution in [1.82, 2.24) is 20.3 Å². The highest BCUT2D eigenvalue weighted by molar-refractivity contribution is 7.20. The van der Waals surface area contributed by atoms with Crippen LogP contribution >= 0.6 is 11.3 Å². The van der Waals surface area contributed by atoms with Crippen LogP contribution in [0.15, 0.2) is 54.6 Å². The lowest BCUT2D eigenvalue weighted by Crippen LogP contribution is -2.71. The molecule has 3 aromatic rings. The number of fused-ring (bicyclic) bond motifs is 1. The summed E-state index contributed by atoms with van der Waals surface area (Å²) >= 11 is 1.34. The summed E-state index contributed by atoms with van der Waals surface area (Å²) in [5, 5.41) is 9.85. The van der Waals surface area contributed by atoms with Gasteiger partial charge in [0, 0.05) is 38.4 Å². The van der Waals surface area contributed by atoms with Crippen molar-refractivity contribution in [1.29, 1.82) is 0 Å². The maximum Gasteiger partial charge on any atom is 0.283 e. The zero-order valence-electron chi connectivity index (χ0n) is 19.6. The molecule has 3 heterocycles. The lowest BCUT2D eigenvalue weighted by molar-refractivity contribution is -0.191. The Morgan fingerprint density at radius 2 is 1.77 bits per heavy atom. The van der Waals surface area contributed by atoms with E-state index in [2.05, 4.69) is 22.0 Å². The Kier molecular flexibility index (Phi) is 6.59. The van der Waals surface area contributed by atoms with Crippen molar-refractivity contribution in [2.45, 2.75) is 18.6 Å². The van der Waals surface area contributed by atoms with E-state index in [9.17, 15) is 14.8 Å². The van der Waals surface area contributed by atoms with Crippen molar-refractivity contribution < 1.29 is 19.5 Å². The summed E-state index contributed by atoms with van der Waals surface area (Å²) in [6, 6.07) is 17.8. The van der Waals surface area contributed by atoms with E-state index in [-0.39, 0.29) is 5.91 Å². The van der Waals surface area contributed by atoms with E-state index in [1.54, 1.807) is 22.3 Å². The van der Waals surface area contributed by atoms with E-state index in [0.29, 0.717) is 50.8 Å². The van der Waals surface area contributed by atoms with Crippen molar-refractivity contribution >= 4 is 39.1 Å². The molecule has 35 heavy (non-hydrogen) atoms. The summed E-state index contributed by atoms with van der Waals surface area (Å²) in [4.78, 5) is 37.5. The SMILES string of the molecule is CN1CCC[C@H](C(=O)NO)[C@]1(Oc1nc2ccccc2s1)C(=O)N1CCN(c2ccccc2)CC1. The third-order valence-electron chi connectivity index (χ3n) is 6.96. The van der Waals surface area contributed by atoms with Crippen molar-refractivity contribution in [2.75, 3.05) is 44.7 Å². The number of benzene rings is 2. The van der Waals surface area contributed by atoms with Gasteiger partial charge in [0.25, 0.3) is 22.7 Å². The first kappa shape index (κ1) is 23.5. The summed E-state index contributed by atoms with van der Waals surface area (Å²) in [6.07, 6.45) is 1.12. The van der Waals surface area contributed by atoms with Crippen molar-refractivity contribution in [3.8, 4) is 5.19 Å². The Hall–Kier alpha value is -3.21. The molecular formula is C25H29N5O4S.